The minimum Gasteiger partial charge on any atom is -0.356 e. The Hall–Kier alpha value is -3.03. The highest BCUT2D eigenvalue weighted by atomic mass is 16.6. The number of amides is 1. The highest BCUT2D eigenvalue weighted by Gasteiger charge is 2.19. The molecular weight excluding hydrogens is 310 g/mol. The van der Waals surface area contributed by atoms with Crippen molar-refractivity contribution in [3.05, 3.63) is 51.8 Å². The summed E-state index contributed by atoms with van der Waals surface area (Å²) in [5.41, 5.74) is 0.502. The van der Waals surface area contributed by atoms with Gasteiger partial charge in [0.2, 0.25) is 0 Å². The molecule has 1 saturated heterocycles. The predicted molar refractivity (Wildman–Crippen MR) is 89.3 cm³/mol. The van der Waals surface area contributed by atoms with Gasteiger partial charge in [-0.2, -0.15) is 0 Å². The zero-order chi connectivity index (χ0) is 17.1. The molecule has 1 aromatic carbocycles. The molecule has 8 nitrogen and oxygen atoms in total. The molecule has 0 saturated carbocycles. The molecule has 0 bridgehead atoms. The van der Waals surface area contributed by atoms with Gasteiger partial charge in [-0.25, -0.2) is 9.97 Å². The number of nitro groups is 1. The van der Waals surface area contributed by atoms with Crippen LogP contribution < -0.4 is 10.2 Å². The summed E-state index contributed by atoms with van der Waals surface area (Å²) in [5, 5.41) is 13.7. The number of hydrogen-bond acceptors (Lipinski definition) is 6. The third kappa shape index (κ3) is 3.17. The van der Waals surface area contributed by atoms with E-state index in [9.17, 15) is 14.9 Å². The van der Waals surface area contributed by atoms with Gasteiger partial charge >= 0.3 is 0 Å². The monoisotopic (exact) mass is 327 g/mol. The number of nitro benzene ring substituents is 1. The van der Waals surface area contributed by atoms with Crippen LogP contribution in [0.1, 0.15) is 28.8 Å². The van der Waals surface area contributed by atoms with Crippen molar-refractivity contribution in [3.63, 3.8) is 0 Å². The second-order valence-electron chi connectivity index (χ2n) is 5.62. The van der Waals surface area contributed by atoms with Crippen LogP contribution in [0, 0.1) is 17.0 Å². The molecule has 0 aliphatic carbocycles. The molecule has 1 aromatic heterocycles. The number of carbonyl (C=O) groups excluding carboxylic acids is 1. The quantitative estimate of drug-likeness (QED) is 0.684. The topological polar surface area (TPSA) is 101 Å². The van der Waals surface area contributed by atoms with E-state index in [0.717, 1.165) is 31.7 Å². The van der Waals surface area contributed by atoms with Crippen LogP contribution in [0.25, 0.3) is 0 Å². The van der Waals surface area contributed by atoms with Crippen LogP contribution in [0.4, 0.5) is 17.3 Å². The molecule has 0 spiro atoms. The molecule has 1 amide bonds. The van der Waals surface area contributed by atoms with Crippen molar-refractivity contribution in [2.24, 2.45) is 0 Å². The number of rotatable bonds is 4. The molecule has 0 atom stereocenters. The number of anilines is 2. The molecule has 1 aliphatic heterocycles. The SMILES string of the molecule is Cc1c(C(=O)Nc2cc(N3CCCC3)ncn2)cccc1[N+](=O)[O-]. The van der Waals surface area contributed by atoms with Gasteiger partial charge in [0.25, 0.3) is 11.6 Å². The molecule has 1 aliphatic rings. The van der Waals surface area contributed by atoms with Gasteiger partial charge in [0.05, 0.1) is 4.92 Å². The summed E-state index contributed by atoms with van der Waals surface area (Å²) < 4.78 is 0. The minimum atomic E-state index is -0.498. The number of aromatic nitrogens is 2. The summed E-state index contributed by atoms with van der Waals surface area (Å²) in [6, 6.07) is 6.15. The Morgan fingerprint density at radius 1 is 1.29 bits per heavy atom. The molecular formula is C16H17N5O3. The Kier molecular flexibility index (Phi) is 4.37. The molecule has 8 heteroatoms. The highest BCUT2D eigenvalue weighted by molar-refractivity contribution is 6.05. The fourth-order valence-corrected chi connectivity index (χ4v) is 2.79. The third-order valence-electron chi connectivity index (χ3n) is 4.07. The van der Waals surface area contributed by atoms with Crippen molar-refractivity contribution in [2.45, 2.75) is 19.8 Å². The van der Waals surface area contributed by atoms with E-state index in [1.807, 2.05) is 0 Å². The lowest BCUT2D eigenvalue weighted by Gasteiger charge is -2.16. The second kappa shape index (κ2) is 6.61. The van der Waals surface area contributed by atoms with Gasteiger partial charge in [0, 0.05) is 36.3 Å². The Balaban J connectivity index is 1.81. The van der Waals surface area contributed by atoms with Crippen LogP contribution in [-0.4, -0.2) is 33.9 Å². The van der Waals surface area contributed by atoms with E-state index in [0.29, 0.717) is 11.4 Å². The molecule has 2 aromatic rings. The first-order valence-electron chi connectivity index (χ1n) is 7.68. The molecule has 0 radical (unpaired) electrons. The first kappa shape index (κ1) is 15.9. The summed E-state index contributed by atoms with van der Waals surface area (Å²) in [5.74, 6) is 0.721. The van der Waals surface area contributed by atoms with Gasteiger partial charge in [-0.3, -0.25) is 14.9 Å². The average Bonchev–Trinajstić information content (AvgIpc) is 3.09. The number of carbonyl (C=O) groups is 1. The van der Waals surface area contributed by atoms with Crippen molar-refractivity contribution < 1.29 is 9.72 Å². The lowest BCUT2D eigenvalue weighted by Crippen LogP contribution is -2.20. The fraction of sp³-hybridized carbons (Fsp3) is 0.312. The van der Waals surface area contributed by atoms with Crippen molar-refractivity contribution in [2.75, 3.05) is 23.3 Å². The van der Waals surface area contributed by atoms with Crippen LogP contribution in [0.5, 0.6) is 0 Å². The van der Waals surface area contributed by atoms with Gasteiger partial charge in [-0.1, -0.05) is 6.07 Å². The summed E-state index contributed by atoms with van der Waals surface area (Å²) >= 11 is 0. The maximum Gasteiger partial charge on any atom is 0.273 e. The van der Waals surface area contributed by atoms with Gasteiger partial charge in [-0.05, 0) is 25.8 Å². The van der Waals surface area contributed by atoms with E-state index in [-0.39, 0.29) is 11.3 Å². The molecule has 1 fully saturated rings. The average molecular weight is 327 g/mol. The van der Waals surface area contributed by atoms with Gasteiger partial charge in [-0.15, -0.1) is 0 Å². The normalized spacial score (nSPS) is 13.8. The van der Waals surface area contributed by atoms with Crippen LogP contribution in [0.3, 0.4) is 0 Å². The van der Waals surface area contributed by atoms with Gasteiger partial charge in [0.15, 0.2) is 0 Å². The Morgan fingerprint density at radius 3 is 2.75 bits per heavy atom. The zero-order valence-electron chi connectivity index (χ0n) is 13.2. The molecule has 124 valence electrons. The highest BCUT2D eigenvalue weighted by Crippen LogP contribution is 2.23. The number of nitrogens with one attached hydrogen (secondary N) is 1. The van der Waals surface area contributed by atoms with E-state index in [4.69, 9.17) is 0 Å². The molecule has 2 heterocycles. The van der Waals surface area contributed by atoms with Crippen LogP contribution >= 0.6 is 0 Å². The van der Waals surface area contributed by atoms with Crippen LogP contribution in [-0.2, 0) is 0 Å². The molecule has 3 rings (SSSR count). The van der Waals surface area contributed by atoms with E-state index in [1.54, 1.807) is 19.1 Å². The Labute approximate surface area is 138 Å². The van der Waals surface area contributed by atoms with Crippen molar-refractivity contribution in [1.29, 1.82) is 0 Å². The molecule has 24 heavy (non-hydrogen) atoms. The van der Waals surface area contributed by atoms with Crippen molar-refractivity contribution in [1.82, 2.24) is 9.97 Å². The zero-order valence-corrected chi connectivity index (χ0v) is 13.2. The lowest BCUT2D eigenvalue weighted by molar-refractivity contribution is -0.385. The molecule has 1 N–H and O–H groups in total. The van der Waals surface area contributed by atoms with E-state index in [1.165, 1.54) is 18.5 Å². The first-order valence-corrected chi connectivity index (χ1v) is 7.68. The number of benzene rings is 1. The standard InChI is InChI=1S/C16H17N5O3/c1-11-12(5-4-6-13(11)21(23)24)16(22)19-14-9-15(18-10-17-14)20-7-2-3-8-20/h4-6,9-10H,2-3,7-8H2,1H3,(H,17,18,19,22). The Morgan fingerprint density at radius 2 is 2.04 bits per heavy atom. The largest absolute Gasteiger partial charge is 0.356 e. The minimum absolute atomic E-state index is 0.0805. The smallest absolute Gasteiger partial charge is 0.273 e. The van der Waals surface area contributed by atoms with E-state index < -0.39 is 10.8 Å². The fourth-order valence-electron chi connectivity index (χ4n) is 2.79. The maximum atomic E-state index is 12.4. The summed E-state index contributed by atoms with van der Waals surface area (Å²) in [7, 11) is 0. The number of nitrogens with zero attached hydrogens (tertiary/aromatic N) is 4. The second-order valence-corrected chi connectivity index (χ2v) is 5.62. The lowest BCUT2D eigenvalue weighted by atomic mass is 10.1. The van der Waals surface area contributed by atoms with Crippen molar-refractivity contribution >= 4 is 23.2 Å². The third-order valence-corrected chi connectivity index (χ3v) is 4.07. The molecule has 0 unspecified atom stereocenters. The summed E-state index contributed by atoms with van der Waals surface area (Å²) in [6.45, 7) is 3.44. The van der Waals surface area contributed by atoms with Crippen LogP contribution in [0.15, 0.2) is 30.6 Å². The predicted octanol–water partition coefficient (Wildman–Crippen LogP) is 2.55. The summed E-state index contributed by atoms with van der Waals surface area (Å²) in [4.78, 5) is 33.4. The van der Waals surface area contributed by atoms with Gasteiger partial charge < -0.3 is 10.2 Å². The van der Waals surface area contributed by atoms with Crippen LogP contribution in [0.2, 0.25) is 0 Å². The summed E-state index contributed by atoms with van der Waals surface area (Å²) in [6.07, 6.45) is 3.65. The Bertz CT molecular complexity index is 787. The van der Waals surface area contributed by atoms with E-state index in [2.05, 4.69) is 20.2 Å². The number of hydrogen-bond donors (Lipinski definition) is 1. The van der Waals surface area contributed by atoms with E-state index >= 15 is 0 Å². The maximum absolute atomic E-state index is 12.4. The van der Waals surface area contributed by atoms with Gasteiger partial charge in [0.1, 0.15) is 18.0 Å². The van der Waals surface area contributed by atoms with Crippen molar-refractivity contribution in [3.8, 4) is 0 Å². The first-order chi connectivity index (χ1) is 11.6.